The van der Waals surface area contributed by atoms with Crippen LogP contribution in [0.5, 0.6) is 5.75 Å². The normalized spacial score (nSPS) is 14.5. The Morgan fingerprint density at radius 1 is 1.16 bits per heavy atom. The summed E-state index contributed by atoms with van der Waals surface area (Å²) >= 11 is 0. The van der Waals surface area contributed by atoms with E-state index in [1.54, 1.807) is 11.2 Å². The molecule has 2 aromatic rings. The first kappa shape index (κ1) is 17.0. The average Bonchev–Trinajstić information content (AvgIpc) is 2.63. The molecule has 0 atom stereocenters. The third-order valence-electron chi connectivity index (χ3n) is 3.95. The van der Waals surface area contributed by atoms with Gasteiger partial charge in [-0.2, -0.15) is 0 Å². The Balaban J connectivity index is 1.73. The number of nitrogens with one attached hydrogen (secondary N) is 1. The molecule has 1 N–H and O–H groups in total. The van der Waals surface area contributed by atoms with Gasteiger partial charge in [0.2, 0.25) is 6.41 Å². The first-order valence-electron chi connectivity index (χ1n) is 8.45. The summed E-state index contributed by atoms with van der Waals surface area (Å²) in [5, 5.41) is 3.31. The van der Waals surface area contributed by atoms with Crippen LogP contribution in [0.3, 0.4) is 0 Å². The number of hydrogen-bond donors (Lipinski definition) is 1. The molecule has 7 heteroatoms. The van der Waals surface area contributed by atoms with Crippen LogP contribution in [0.2, 0.25) is 0 Å². The van der Waals surface area contributed by atoms with E-state index in [1.165, 1.54) is 0 Å². The highest BCUT2D eigenvalue weighted by Crippen LogP contribution is 2.28. The number of para-hydroxylation sites is 2. The van der Waals surface area contributed by atoms with Gasteiger partial charge < -0.3 is 19.9 Å². The van der Waals surface area contributed by atoms with Crippen molar-refractivity contribution in [1.29, 1.82) is 0 Å². The van der Waals surface area contributed by atoms with Crippen LogP contribution in [-0.4, -0.2) is 53.6 Å². The number of carbonyl (C=O) groups is 1. The van der Waals surface area contributed by atoms with Crippen LogP contribution in [0, 0.1) is 0 Å². The van der Waals surface area contributed by atoms with E-state index in [4.69, 9.17) is 4.74 Å². The van der Waals surface area contributed by atoms with Crippen molar-refractivity contribution in [2.45, 2.75) is 20.0 Å². The fraction of sp³-hybridized carbons (Fsp3) is 0.389. The largest absolute Gasteiger partial charge is 0.489 e. The zero-order chi connectivity index (χ0) is 17.6. The van der Waals surface area contributed by atoms with Gasteiger partial charge in [0, 0.05) is 32.2 Å². The fourth-order valence-corrected chi connectivity index (χ4v) is 2.71. The van der Waals surface area contributed by atoms with Crippen molar-refractivity contribution in [2.24, 2.45) is 0 Å². The minimum absolute atomic E-state index is 0.0954. The standard InChI is InChI=1S/C18H23N5O2/c1-14(2)25-16-6-4-3-5-15(16)21-17-11-18(20-12-19-17)23-9-7-22(13-24)8-10-23/h3-6,11-14H,7-10H2,1-2H3,(H,19,20,21). The summed E-state index contributed by atoms with van der Waals surface area (Å²) in [5.74, 6) is 2.35. The molecule has 0 aliphatic carbocycles. The Hall–Kier alpha value is -2.83. The van der Waals surface area contributed by atoms with E-state index in [1.807, 2.05) is 44.2 Å². The van der Waals surface area contributed by atoms with Crippen molar-refractivity contribution in [1.82, 2.24) is 14.9 Å². The van der Waals surface area contributed by atoms with Gasteiger partial charge in [-0.05, 0) is 26.0 Å². The van der Waals surface area contributed by atoms with E-state index in [-0.39, 0.29) is 6.10 Å². The smallest absolute Gasteiger partial charge is 0.209 e. The summed E-state index contributed by atoms with van der Waals surface area (Å²) in [5.41, 5.74) is 0.867. The van der Waals surface area contributed by atoms with Gasteiger partial charge in [-0.3, -0.25) is 4.79 Å². The minimum Gasteiger partial charge on any atom is -0.489 e. The van der Waals surface area contributed by atoms with E-state index in [2.05, 4.69) is 20.2 Å². The van der Waals surface area contributed by atoms with Crippen LogP contribution in [0.4, 0.5) is 17.3 Å². The minimum atomic E-state index is 0.0954. The van der Waals surface area contributed by atoms with Gasteiger partial charge in [0.05, 0.1) is 11.8 Å². The summed E-state index contributed by atoms with van der Waals surface area (Å²) < 4.78 is 5.83. The number of aromatic nitrogens is 2. The molecule has 1 aromatic carbocycles. The Kier molecular flexibility index (Phi) is 5.33. The summed E-state index contributed by atoms with van der Waals surface area (Å²) in [7, 11) is 0. The summed E-state index contributed by atoms with van der Waals surface area (Å²) in [6.45, 7) is 6.95. The molecule has 1 saturated heterocycles. The van der Waals surface area contributed by atoms with Gasteiger partial charge in [-0.1, -0.05) is 12.1 Å². The molecule has 0 radical (unpaired) electrons. The zero-order valence-corrected chi connectivity index (χ0v) is 14.6. The number of amides is 1. The molecular weight excluding hydrogens is 318 g/mol. The predicted molar refractivity (Wildman–Crippen MR) is 97.4 cm³/mol. The lowest BCUT2D eigenvalue weighted by molar-refractivity contribution is -0.118. The van der Waals surface area contributed by atoms with Gasteiger partial charge in [0.1, 0.15) is 23.7 Å². The molecule has 1 aromatic heterocycles. The van der Waals surface area contributed by atoms with Gasteiger partial charge in [0.25, 0.3) is 0 Å². The number of piperazine rings is 1. The molecule has 0 bridgehead atoms. The first-order chi connectivity index (χ1) is 12.2. The second-order valence-corrected chi connectivity index (χ2v) is 6.18. The van der Waals surface area contributed by atoms with Crippen molar-refractivity contribution < 1.29 is 9.53 Å². The average molecular weight is 341 g/mol. The molecule has 25 heavy (non-hydrogen) atoms. The van der Waals surface area contributed by atoms with Crippen LogP contribution in [0.1, 0.15) is 13.8 Å². The van der Waals surface area contributed by atoms with Crippen LogP contribution in [-0.2, 0) is 4.79 Å². The third-order valence-corrected chi connectivity index (χ3v) is 3.95. The highest BCUT2D eigenvalue weighted by molar-refractivity contribution is 5.65. The van der Waals surface area contributed by atoms with Crippen LogP contribution < -0.4 is 15.0 Å². The van der Waals surface area contributed by atoms with Crippen LogP contribution in [0.25, 0.3) is 0 Å². The van der Waals surface area contributed by atoms with E-state index >= 15 is 0 Å². The molecule has 132 valence electrons. The number of nitrogens with zero attached hydrogens (tertiary/aromatic N) is 4. The zero-order valence-electron chi connectivity index (χ0n) is 14.6. The fourth-order valence-electron chi connectivity index (χ4n) is 2.71. The number of anilines is 3. The molecular formula is C18H23N5O2. The topological polar surface area (TPSA) is 70.6 Å². The Morgan fingerprint density at radius 2 is 1.92 bits per heavy atom. The maximum atomic E-state index is 10.8. The quantitative estimate of drug-likeness (QED) is 0.813. The number of carbonyl (C=O) groups excluding carboxylic acids is 1. The SMILES string of the molecule is CC(C)Oc1ccccc1Nc1cc(N2CCN(C=O)CC2)ncn1. The van der Waals surface area contributed by atoms with Gasteiger partial charge in [-0.25, -0.2) is 9.97 Å². The maximum absolute atomic E-state index is 10.8. The highest BCUT2D eigenvalue weighted by atomic mass is 16.5. The monoisotopic (exact) mass is 341 g/mol. The molecule has 0 saturated carbocycles. The third kappa shape index (κ3) is 4.37. The number of hydrogen-bond acceptors (Lipinski definition) is 6. The summed E-state index contributed by atoms with van der Waals surface area (Å²) in [4.78, 5) is 23.4. The van der Waals surface area contributed by atoms with Crippen LogP contribution >= 0.6 is 0 Å². The second kappa shape index (κ2) is 7.83. The molecule has 0 spiro atoms. The molecule has 3 rings (SSSR count). The second-order valence-electron chi connectivity index (χ2n) is 6.18. The number of rotatable bonds is 6. The summed E-state index contributed by atoms with van der Waals surface area (Å²) in [6.07, 6.45) is 2.55. The van der Waals surface area contributed by atoms with Crippen molar-refractivity contribution in [2.75, 3.05) is 36.4 Å². The maximum Gasteiger partial charge on any atom is 0.209 e. The van der Waals surface area contributed by atoms with E-state index in [0.29, 0.717) is 18.9 Å². The lowest BCUT2D eigenvalue weighted by Crippen LogP contribution is -2.46. The molecule has 1 aliphatic heterocycles. The molecule has 1 amide bonds. The van der Waals surface area contributed by atoms with Crippen molar-refractivity contribution in [3.8, 4) is 5.75 Å². The predicted octanol–water partition coefficient (Wildman–Crippen LogP) is 2.29. The molecule has 0 unspecified atom stereocenters. The lowest BCUT2D eigenvalue weighted by Gasteiger charge is -2.33. The molecule has 7 nitrogen and oxygen atoms in total. The Morgan fingerprint density at radius 3 is 2.64 bits per heavy atom. The molecule has 2 heterocycles. The van der Waals surface area contributed by atoms with Gasteiger partial charge in [-0.15, -0.1) is 0 Å². The van der Waals surface area contributed by atoms with E-state index < -0.39 is 0 Å². The van der Waals surface area contributed by atoms with Gasteiger partial charge >= 0.3 is 0 Å². The van der Waals surface area contributed by atoms with Crippen LogP contribution in [0.15, 0.2) is 36.7 Å². The van der Waals surface area contributed by atoms with Gasteiger partial charge in [0.15, 0.2) is 0 Å². The molecule has 1 aliphatic rings. The summed E-state index contributed by atoms with van der Waals surface area (Å²) in [6, 6.07) is 9.71. The number of benzene rings is 1. The highest BCUT2D eigenvalue weighted by Gasteiger charge is 2.17. The molecule has 1 fully saturated rings. The Labute approximate surface area is 147 Å². The van der Waals surface area contributed by atoms with E-state index in [9.17, 15) is 4.79 Å². The van der Waals surface area contributed by atoms with Crippen molar-refractivity contribution in [3.05, 3.63) is 36.7 Å². The van der Waals surface area contributed by atoms with E-state index in [0.717, 1.165) is 36.8 Å². The van der Waals surface area contributed by atoms with Crippen molar-refractivity contribution >= 4 is 23.7 Å². The first-order valence-corrected chi connectivity index (χ1v) is 8.45. The number of ether oxygens (including phenoxy) is 1. The van der Waals surface area contributed by atoms with Crippen molar-refractivity contribution in [3.63, 3.8) is 0 Å². The lowest BCUT2D eigenvalue weighted by atomic mass is 10.3. The Bertz CT molecular complexity index is 714.